The van der Waals surface area contributed by atoms with E-state index in [1.807, 2.05) is 0 Å². The summed E-state index contributed by atoms with van der Waals surface area (Å²) < 4.78 is 4.94. The number of pyridine rings is 1. The SMILES string of the molecule is CNc1ccc([N+](=O)[O-])c(N(C)CCOC)n1. The Kier molecular flexibility index (Phi) is 4.65. The van der Waals surface area contributed by atoms with Crippen LogP contribution in [0.3, 0.4) is 0 Å². The van der Waals surface area contributed by atoms with Crippen molar-refractivity contribution >= 4 is 17.3 Å². The zero-order chi connectivity index (χ0) is 12.8. The molecule has 7 nitrogen and oxygen atoms in total. The average Bonchev–Trinajstić information content (AvgIpc) is 2.34. The lowest BCUT2D eigenvalue weighted by atomic mass is 10.3. The van der Waals surface area contributed by atoms with Crippen LogP contribution in [-0.4, -0.2) is 44.3 Å². The van der Waals surface area contributed by atoms with Crippen LogP contribution in [-0.2, 0) is 4.74 Å². The molecule has 0 radical (unpaired) electrons. The van der Waals surface area contributed by atoms with Gasteiger partial charge >= 0.3 is 5.69 Å². The van der Waals surface area contributed by atoms with Gasteiger partial charge in [-0.3, -0.25) is 10.1 Å². The van der Waals surface area contributed by atoms with Crippen LogP contribution in [0.5, 0.6) is 0 Å². The fraction of sp³-hybridized carbons (Fsp3) is 0.500. The van der Waals surface area contributed by atoms with E-state index in [1.165, 1.54) is 6.07 Å². The number of anilines is 2. The molecule has 94 valence electrons. The Labute approximate surface area is 99.6 Å². The molecule has 0 saturated carbocycles. The number of nitrogens with zero attached hydrogens (tertiary/aromatic N) is 3. The van der Waals surface area contributed by atoms with Crippen LogP contribution in [0.1, 0.15) is 0 Å². The van der Waals surface area contributed by atoms with Crippen molar-refractivity contribution in [3.05, 3.63) is 22.2 Å². The van der Waals surface area contributed by atoms with E-state index in [9.17, 15) is 10.1 Å². The van der Waals surface area contributed by atoms with Gasteiger partial charge in [-0.1, -0.05) is 0 Å². The summed E-state index contributed by atoms with van der Waals surface area (Å²) in [6.45, 7) is 1.02. The predicted molar refractivity (Wildman–Crippen MR) is 65.6 cm³/mol. The molecule has 1 N–H and O–H groups in total. The van der Waals surface area contributed by atoms with Crippen LogP contribution < -0.4 is 10.2 Å². The Morgan fingerprint density at radius 2 is 2.29 bits per heavy atom. The number of nitrogens with one attached hydrogen (secondary N) is 1. The molecule has 1 aromatic rings. The first-order chi connectivity index (χ1) is 8.10. The highest BCUT2D eigenvalue weighted by atomic mass is 16.6. The van der Waals surface area contributed by atoms with E-state index >= 15 is 0 Å². The molecule has 0 aliphatic carbocycles. The molecule has 0 spiro atoms. The van der Waals surface area contributed by atoms with Crippen LogP contribution in [0.15, 0.2) is 12.1 Å². The van der Waals surface area contributed by atoms with Gasteiger partial charge in [0.25, 0.3) is 0 Å². The summed E-state index contributed by atoms with van der Waals surface area (Å²) in [5.74, 6) is 0.925. The second-order valence-corrected chi connectivity index (χ2v) is 3.46. The molecule has 17 heavy (non-hydrogen) atoms. The number of likely N-dealkylation sites (N-methyl/N-ethyl adjacent to an activating group) is 1. The van der Waals surface area contributed by atoms with Gasteiger partial charge in [-0.05, 0) is 6.07 Å². The van der Waals surface area contributed by atoms with Gasteiger partial charge in [0.1, 0.15) is 5.82 Å². The first-order valence-corrected chi connectivity index (χ1v) is 5.13. The molecule has 0 bridgehead atoms. The van der Waals surface area contributed by atoms with E-state index in [-0.39, 0.29) is 5.69 Å². The van der Waals surface area contributed by atoms with Crippen LogP contribution in [0, 0.1) is 10.1 Å². The number of hydrogen-bond donors (Lipinski definition) is 1. The van der Waals surface area contributed by atoms with Crippen molar-refractivity contribution in [2.75, 3.05) is 44.6 Å². The Balaban J connectivity index is 3.03. The Morgan fingerprint density at radius 1 is 1.59 bits per heavy atom. The highest BCUT2D eigenvalue weighted by molar-refractivity contribution is 5.61. The fourth-order valence-electron chi connectivity index (χ4n) is 1.34. The standard InChI is InChI=1S/C10H16N4O3/c1-11-9-5-4-8(14(15)16)10(12-9)13(2)6-7-17-3/h4-5H,6-7H2,1-3H3,(H,11,12). The maximum atomic E-state index is 10.9. The number of methoxy groups -OCH3 is 1. The van der Waals surface area contributed by atoms with Gasteiger partial charge in [-0.25, -0.2) is 4.98 Å². The Bertz CT molecular complexity index is 397. The smallest absolute Gasteiger partial charge is 0.311 e. The molecule has 1 aromatic heterocycles. The molecule has 0 fully saturated rings. The summed E-state index contributed by atoms with van der Waals surface area (Å²) in [4.78, 5) is 16.3. The molecule has 0 aliphatic heterocycles. The molecule has 0 saturated heterocycles. The summed E-state index contributed by atoms with van der Waals surface area (Å²) in [5.41, 5.74) is -0.0115. The summed E-state index contributed by atoms with van der Waals surface area (Å²) in [5, 5.41) is 13.7. The average molecular weight is 240 g/mol. The quantitative estimate of drug-likeness (QED) is 0.592. The van der Waals surface area contributed by atoms with Gasteiger partial charge in [-0.15, -0.1) is 0 Å². The van der Waals surface area contributed by atoms with E-state index in [1.54, 1.807) is 32.2 Å². The first kappa shape index (κ1) is 13.2. The Morgan fingerprint density at radius 3 is 2.82 bits per heavy atom. The maximum absolute atomic E-state index is 10.9. The van der Waals surface area contributed by atoms with Gasteiger partial charge in [0.05, 0.1) is 11.5 Å². The van der Waals surface area contributed by atoms with Gasteiger partial charge in [-0.2, -0.15) is 0 Å². The summed E-state index contributed by atoms with van der Waals surface area (Å²) >= 11 is 0. The molecule has 1 heterocycles. The molecule has 1 rings (SSSR count). The lowest BCUT2D eigenvalue weighted by molar-refractivity contribution is -0.384. The predicted octanol–water partition coefficient (Wildman–Crippen LogP) is 1.11. The molecule has 7 heteroatoms. The lowest BCUT2D eigenvalue weighted by Crippen LogP contribution is -2.24. The number of hydrogen-bond acceptors (Lipinski definition) is 6. The monoisotopic (exact) mass is 240 g/mol. The lowest BCUT2D eigenvalue weighted by Gasteiger charge is -2.17. The number of aromatic nitrogens is 1. The largest absolute Gasteiger partial charge is 0.383 e. The van der Waals surface area contributed by atoms with Gasteiger partial charge in [0.15, 0.2) is 0 Å². The molecule has 0 aromatic carbocycles. The number of ether oxygens (including phenoxy) is 1. The van der Waals surface area contributed by atoms with Crippen molar-refractivity contribution in [3.63, 3.8) is 0 Å². The zero-order valence-corrected chi connectivity index (χ0v) is 10.1. The topological polar surface area (TPSA) is 80.5 Å². The minimum Gasteiger partial charge on any atom is -0.383 e. The third-order valence-corrected chi connectivity index (χ3v) is 2.30. The van der Waals surface area contributed by atoms with E-state index in [4.69, 9.17) is 4.74 Å². The van der Waals surface area contributed by atoms with Crippen molar-refractivity contribution in [2.45, 2.75) is 0 Å². The van der Waals surface area contributed by atoms with E-state index in [2.05, 4.69) is 10.3 Å². The second kappa shape index (κ2) is 6.00. The molecular formula is C10H16N4O3. The van der Waals surface area contributed by atoms with Crippen LogP contribution >= 0.6 is 0 Å². The third-order valence-electron chi connectivity index (χ3n) is 2.30. The van der Waals surface area contributed by atoms with E-state index < -0.39 is 4.92 Å². The number of rotatable bonds is 6. The van der Waals surface area contributed by atoms with E-state index in [0.29, 0.717) is 24.8 Å². The van der Waals surface area contributed by atoms with Crippen molar-refractivity contribution in [1.29, 1.82) is 0 Å². The minimum absolute atomic E-state index is 0.0115. The van der Waals surface area contributed by atoms with Gasteiger partial charge < -0.3 is 15.0 Å². The summed E-state index contributed by atoms with van der Waals surface area (Å²) in [6, 6.07) is 3.02. The molecular weight excluding hydrogens is 224 g/mol. The van der Waals surface area contributed by atoms with Crippen molar-refractivity contribution < 1.29 is 9.66 Å². The summed E-state index contributed by atoms with van der Waals surface area (Å²) in [7, 11) is 5.04. The first-order valence-electron chi connectivity index (χ1n) is 5.13. The number of nitro groups is 1. The normalized spacial score (nSPS) is 10.1. The van der Waals surface area contributed by atoms with Crippen LogP contribution in [0.4, 0.5) is 17.3 Å². The van der Waals surface area contributed by atoms with Gasteiger partial charge in [0, 0.05) is 33.8 Å². The van der Waals surface area contributed by atoms with Crippen LogP contribution in [0.25, 0.3) is 0 Å². The molecule has 0 aliphatic rings. The minimum atomic E-state index is -0.439. The van der Waals surface area contributed by atoms with Crippen molar-refractivity contribution in [2.24, 2.45) is 0 Å². The highest BCUT2D eigenvalue weighted by Crippen LogP contribution is 2.26. The van der Waals surface area contributed by atoms with Crippen molar-refractivity contribution in [3.8, 4) is 0 Å². The maximum Gasteiger partial charge on any atom is 0.311 e. The third kappa shape index (κ3) is 3.28. The Hall–Kier alpha value is -1.89. The zero-order valence-electron chi connectivity index (χ0n) is 10.1. The second-order valence-electron chi connectivity index (χ2n) is 3.46. The molecule has 0 unspecified atom stereocenters. The van der Waals surface area contributed by atoms with E-state index in [0.717, 1.165) is 0 Å². The molecule has 0 amide bonds. The van der Waals surface area contributed by atoms with Crippen molar-refractivity contribution in [1.82, 2.24) is 4.98 Å². The fourth-order valence-corrected chi connectivity index (χ4v) is 1.34. The van der Waals surface area contributed by atoms with Crippen LogP contribution in [0.2, 0.25) is 0 Å². The highest BCUT2D eigenvalue weighted by Gasteiger charge is 2.19. The summed E-state index contributed by atoms with van der Waals surface area (Å²) in [6.07, 6.45) is 0. The van der Waals surface area contributed by atoms with Gasteiger partial charge in [0.2, 0.25) is 5.82 Å². The molecule has 0 atom stereocenters.